The molecule has 0 fully saturated rings. The van der Waals surface area contributed by atoms with Gasteiger partial charge in [0.2, 0.25) is 0 Å². The number of hydrogen-bond donors (Lipinski definition) is 0. The van der Waals surface area contributed by atoms with Crippen molar-refractivity contribution in [3.63, 3.8) is 0 Å². The molecule has 2 aromatic heterocycles. The average Bonchev–Trinajstić information content (AvgIpc) is 3.73. The van der Waals surface area contributed by atoms with Gasteiger partial charge in [0.1, 0.15) is 5.75 Å². The van der Waals surface area contributed by atoms with Gasteiger partial charge in [-0.05, 0) is 72.7 Å². The first-order chi connectivity index (χ1) is 22.7. The minimum absolute atomic E-state index is 0.0860. The van der Waals surface area contributed by atoms with E-state index in [9.17, 15) is 0 Å². The molecule has 0 saturated heterocycles. The van der Waals surface area contributed by atoms with Gasteiger partial charge >= 0.3 is 0 Å². The van der Waals surface area contributed by atoms with Crippen LogP contribution in [0.3, 0.4) is 0 Å². The highest BCUT2D eigenvalue weighted by Crippen LogP contribution is 2.54. The van der Waals surface area contributed by atoms with Crippen molar-refractivity contribution >= 4 is 49.3 Å². The second-order valence-electron chi connectivity index (χ2n) is 12.7. The quantitative estimate of drug-likeness (QED) is 0.200. The molecule has 2 aliphatic rings. The van der Waals surface area contributed by atoms with Gasteiger partial charge in [-0.25, -0.2) is 0 Å². The number of hydrogen-bond acceptors (Lipinski definition) is 1. The smallest absolute Gasteiger partial charge is 0.157 e. The van der Waals surface area contributed by atoms with Crippen LogP contribution < -0.4 is 4.74 Å². The van der Waals surface area contributed by atoms with Crippen molar-refractivity contribution in [3.8, 4) is 22.6 Å². The van der Waals surface area contributed by atoms with Gasteiger partial charge in [0, 0.05) is 32.8 Å². The molecule has 8 aromatic rings. The lowest BCUT2D eigenvalue weighted by atomic mass is 9.79. The van der Waals surface area contributed by atoms with Crippen LogP contribution in [0.1, 0.15) is 18.4 Å². The van der Waals surface area contributed by atoms with Gasteiger partial charge in [0.15, 0.2) is 5.60 Å². The standard InChI is InChI=1S/C43H30N2O/c1-43-36(18-11-23-42(43)45-39-21-8-4-16-33(39)34-17-5-9-22-40(34)45)35-27-29(24-25-41(35)46-43)28-12-10-13-30(26-28)44-37-19-6-2-14-31(37)32-15-3-7-20-38(32)44/h2-27,36H,1H3. The fourth-order valence-corrected chi connectivity index (χ4v) is 8.08. The normalized spacial score (nSPS) is 18.6. The maximum absolute atomic E-state index is 6.96. The molecule has 1 aliphatic carbocycles. The molecule has 2 atom stereocenters. The fraction of sp³-hybridized carbons (Fsp3) is 0.0698. The summed E-state index contributed by atoms with van der Waals surface area (Å²) in [4.78, 5) is 0. The molecule has 0 radical (unpaired) electrons. The van der Waals surface area contributed by atoms with Gasteiger partial charge in [0.25, 0.3) is 0 Å². The predicted molar refractivity (Wildman–Crippen MR) is 191 cm³/mol. The first kappa shape index (κ1) is 25.5. The molecule has 46 heavy (non-hydrogen) atoms. The first-order valence-electron chi connectivity index (χ1n) is 16.0. The third-order valence-electron chi connectivity index (χ3n) is 10.2. The molecule has 0 amide bonds. The van der Waals surface area contributed by atoms with E-state index in [1.54, 1.807) is 0 Å². The summed E-state index contributed by atoms with van der Waals surface area (Å²) in [6.45, 7) is 2.25. The second kappa shape index (κ2) is 9.35. The minimum Gasteiger partial charge on any atom is -0.480 e. The Bertz CT molecular complexity index is 2490. The first-order valence-corrected chi connectivity index (χ1v) is 16.0. The number of fused-ring (bicyclic) bond motifs is 9. The summed E-state index contributed by atoms with van der Waals surface area (Å²) in [6.07, 6.45) is 6.75. The third-order valence-corrected chi connectivity index (χ3v) is 10.2. The highest BCUT2D eigenvalue weighted by Gasteiger charge is 2.48. The summed E-state index contributed by atoms with van der Waals surface area (Å²) in [6, 6.07) is 50.4. The van der Waals surface area contributed by atoms with Crippen LogP contribution in [0.15, 0.2) is 158 Å². The number of aromatic nitrogens is 2. The lowest BCUT2D eigenvalue weighted by molar-refractivity contribution is 0.160. The van der Waals surface area contributed by atoms with E-state index in [0.717, 1.165) is 17.1 Å². The summed E-state index contributed by atoms with van der Waals surface area (Å²) in [7, 11) is 0. The van der Waals surface area contributed by atoms with Gasteiger partial charge in [-0.3, -0.25) is 0 Å². The topological polar surface area (TPSA) is 19.1 Å². The molecule has 1 aliphatic heterocycles. The largest absolute Gasteiger partial charge is 0.480 e. The van der Waals surface area contributed by atoms with E-state index in [4.69, 9.17) is 4.74 Å². The molecule has 3 heteroatoms. The highest BCUT2D eigenvalue weighted by atomic mass is 16.5. The van der Waals surface area contributed by atoms with Crippen molar-refractivity contribution in [3.05, 3.63) is 163 Å². The van der Waals surface area contributed by atoms with Gasteiger partial charge < -0.3 is 13.9 Å². The highest BCUT2D eigenvalue weighted by molar-refractivity contribution is 6.11. The van der Waals surface area contributed by atoms with E-state index >= 15 is 0 Å². The zero-order valence-corrected chi connectivity index (χ0v) is 25.4. The lowest BCUT2D eigenvalue weighted by Crippen LogP contribution is -2.38. The Labute approximate surface area is 266 Å². The van der Waals surface area contributed by atoms with Crippen molar-refractivity contribution in [1.82, 2.24) is 9.13 Å². The van der Waals surface area contributed by atoms with Crippen LogP contribution in [0.2, 0.25) is 0 Å². The molecule has 0 spiro atoms. The van der Waals surface area contributed by atoms with Crippen LogP contribution in [0, 0.1) is 0 Å². The van der Waals surface area contributed by atoms with Crippen LogP contribution in [-0.4, -0.2) is 14.7 Å². The Balaban J connectivity index is 1.08. The summed E-state index contributed by atoms with van der Waals surface area (Å²) in [5, 5.41) is 5.06. The zero-order valence-electron chi connectivity index (χ0n) is 25.4. The number of para-hydroxylation sites is 4. The number of nitrogens with zero attached hydrogens (tertiary/aromatic N) is 2. The molecular weight excluding hydrogens is 560 g/mol. The summed E-state index contributed by atoms with van der Waals surface area (Å²) < 4.78 is 11.7. The monoisotopic (exact) mass is 590 g/mol. The average molecular weight is 591 g/mol. The molecule has 6 aromatic carbocycles. The summed E-state index contributed by atoms with van der Waals surface area (Å²) in [5.74, 6) is 1.04. The van der Waals surface area contributed by atoms with Crippen molar-refractivity contribution < 1.29 is 4.74 Å². The summed E-state index contributed by atoms with van der Waals surface area (Å²) in [5.41, 5.74) is 10.2. The van der Waals surface area contributed by atoms with Crippen LogP contribution in [0.4, 0.5) is 0 Å². The fourth-order valence-electron chi connectivity index (χ4n) is 8.08. The second-order valence-corrected chi connectivity index (χ2v) is 12.7. The third kappa shape index (κ3) is 3.43. The van der Waals surface area contributed by atoms with Gasteiger partial charge in [-0.15, -0.1) is 0 Å². The number of rotatable bonds is 3. The Kier molecular flexibility index (Phi) is 5.19. The Morgan fingerprint density at radius 2 is 1.09 bits per heavy atom. The molecular formula is C43H30N2O. The molecule has 10 rings (SSSR count). The maximum Gasteiger partial charge on any atom is 0.157 e. The van der Waals surface area contributed by atoms with E-state index in [1.807, 2.05) is 0 Å². The van der Waals surface area contributed by atoms with Crippen molar-refractivity contribution in [2.75, 3.05) is 0 Å². The number of benzene rings is 6. The number of ether oxygens (including phenoxy) is 1. The minimum atomic E-state index is -0.551. The molecule has 0 saturated carbocycles. The summed E-state index contributed by atoms with van der Waals surface area (Å²) >= 11 is 0. The molecule has 0 bridgehead atoms. The Morgan fingerprint density at radius 3 is 1.70 bits per heavy atom. The SMILES string of the molecule is CC12Oc3ccc(-c4cccc(-n5c6ccccc6c6ccccc65)c4)cc3C1C=CC=C2n1c2ccccc2c2ccccc21. The van der Waals surface area contributed by atoms with E-state index in [1.165, 1.54) is 60.3 Å². The maximum atomic E-state index is 6.96. The number of allylic oxidation sites excluding steroid dienone is 2. The van der Waals surface area contributed by atoms with E-state index in [2.05, 4.69) is 174 Å². The molecule has 2 unspecified atom stereocenters. The van der Waals surface area contributed by atoms with E-state index in [0.29, 0.717) is 0 Å². The lowest BCUT2D eigenvalue weighted by Gasteiger charge is -2.35. The van der Waals surface area contributed by atoms with Crippen LogP contribution in [0.25, 0.3) is 66.1 Å². The molecule has 218 valence electrons. The van der Waals surface area contributed by atoms with Gasteiger partial charge in [-0.1, -0.05) is 103 Å². The van der Waals surface area contributed by atoms with Crippen LogP contribution >= 0.6 is 0 Å². The van der Waals surface area contributed by atoms with Gasteiger partial charge in [-0.2, -0.15) is 0 Å². The predicted octanol–water partition coefficient (Wildman–Crippen LogP) is 10.9. The van der Waals surface area contributed by atoms with Crippen LogP contribution in [-0.2, 0) is 0 Å². The van der Waals surface area contributed by atoms with Crippen molar-refractivity contribution in [2.45, 2.75) is 18.4 Å². The van der Waals surface area contributed by atoms with Crippen molar-refractivity contribution in [2.24, 2.45) is 0 Å². The Hall–Kier alpha value is -5.80. The molecule has 3 nitrogen and oxygen atoms in total. The molecule has 3 heterocycles. The van der Waals surface area contributed by atoms with E-state index in [-0.39, 0.29) is 5.92 Å². The molecule has 0 N–H and O–H groups in total. The Morgan fingerprint density at radius 1 is 0.543 bits per heavy atom. The van der Waals surface area contributed by atoms with Crippen LogP contribution in [0.5, 0.6) is 5.75 Å². The zero-order chi connectivity index (χ0) is 30.4. The van der Waals surface area contributed by atoms with E-state index < -0.39 is 5.60 Å². The van der Waals surface area contributed by atoms with Gasteiger partial charge in [0.05, 0.1) is 33.7 Å². The van der Waals surface area contributed by atoms with Crippen molar-refractivity contribution in [1.29, 1.82) is 0 Å².